The van der Waals surface area contributed by atoms with Crippen molar-refractivity contribution in [3.8, 4) is 11.1 Å². The van der Waals surface area contributed by atoms with Gasteiger partial charge in [-0.3, -0.25) is 0 Å². The second kappa shape index (κ2) is 6.28. The van der Waals surface area contributed by atoms with Crippen LogP contribution >= 0.6 is 11.3 Å². The number of hydrogen-bond donors (Lipinski definition) is 0. The molecule has 4 heteroatoms. The molecule has 2 aromatic rings. The maximum atomic E-state index is 14.0. The Labute approximate surface area is 117 Å². The van der Waals surface area contributed by atoms with Crippen molar-refractivity contribution in [2.45, 2.75) is 13.2 Å². The lowest BCUT2D eigenvalue weighted by atomic mass is 10.1. The van der Waals surface area contributed by atoms with Crippen molar-refractivity contribution in [2.75, 3.05) is 21.2 Å². The van der Waals surface area contributed by atoms with E-state index < -0.39 is 0 Å². The van der Waals surface area contributed by atoms with E-state index in [-0.39, 0.29) is 5.82 Å². The SMILES string of the molecule is COCc1cc(-c2ccc(CN(C)C)c(F)c2)cs1. The molecular weight excluding hydrogens is 261 g/mol. The molecule has 0 aliphatic rings. The molecule has 0 spiro atoms. The van der Waals surface area contributed by atoms with Crippen molar-refractivity contribution >= 4 is 11.3 Å². The molecule has 0 fully saturated rings. The number of methoxy groups -OCH3 is 1. The van der Waals surface area contributed by atoms with E-state index >= 15 is 0 Å². The lowest BCUT2D eigenvalue weighted by molar-refractivity contribution is 0.187. The first-order valence-electron chi connectivity index (χ1n) is 6.10. The van der Waals surface area contributed by atoms with Gasteiger partial charge < -0.3 is 9.64 Å². The highest BCUT2D eigenvalue weighted by atomic mass is 32.1. The fourth-order valence-electron chi connectivity index (χ4n) is 1.95. The summed E-state index contributed by atoms with van der Waals surface area (Å²) in [4.78, 5) is 3.11. The van der Waals surface area contributed by atoms with Crippen LogP contribution in [0.1, 0.15) is 10.4 Å². The van der Waals surface area contributed by atoms with Crippen molar-refractivity contribution in [3.63, 3.8) is 0 Å². The summed E-state index contributed by atoms with van der Waals surface area (Å²) in [5, 5.41) is 2.04. The summed E-state index contributed by atoms with van der Waals surface area (Å²) in [6.45, 7) is 1.22. The van der Waals surface area contributed by atoms with Gasteiger partial charge in [0.2, 0.25) is 0 Å². The van der Waals surface area contributed by atoms with Crippen LogP contribution in [0.2, 0.25) is 0 Å². The molecule has 0 unspecified atom stereocenters. The van der Waals surface area contributed by atoms with Gasteiger partial charge in [-0.1, -0.05) is 12.1 Å². The number of ether oxygens (including phenoxy) is 1. The summed E-state index contributed by atoms with van der Waals surface area (Å²) in [6.07, 6.45) is 0. The molecule has 0 amide bonds. The standard InChI is InChI=1S/C15H18FNOS/c1-17(2)8-12-5-4-11(7-15(12)16)13-6-14(9-18-3)19-10-13/h4-7,10H,8-9H2,1-3H3. The summed E-state index contributed by atoms with van der Waals surface area (Å²) < 4.78 is 19.1. The monoisotopic (exact) mass is 279 g/mol. The molecule has 102 valence electrons. The van der Waals surface area contributed by atoms with Gasteiger partial charge in [0.05, 0.1) is 6.61 Å². The van der Waals surface area contributed by atoms with Crippen LogP contribution in [0.15, 0.2) is 29.6 Å². The first-order valence-corrected chi connectivity index (χ1v) is 6.98. The molecule has 2 rings (SSSR count). The van der Waals surface area contributed by atoms with E-state index in [9.17, 15) is 4.39 Å². The first kappa shape index (κ1) is 14.2. The number of hydrogen-bond acceptors (Lipinski definition) is 3. The molecule has 2 nitrogen and oxygen atoms in total. The minimum Gasteiger partial charge on any atom is -0.379 e. The fourth-order valence-corrected chi connectivity index (χ4v) is 2.81. The highest BCUT2D eigenvalue weighted by Crippen LogP contribution is 2.27. The summed E-state index contributed by atoms with van der Waals surface area (Å²) in [5.41, 5.74) is 2.69. The largest absolute Gasteiger partial charge is 0.379 e. The van der Waals surface area contributed by atoms with Crippen molar-refractivity contribution in [1.29, 1.82) is 0 Å². The fraction of sp³-hybridized carbons (Fsp3) is 0.333. The van der Waals surface area contributed by atoms with E-state index in [1.807, 2.05) is 36.5 Å². The van der Waals surface area contributed by atoms with Gasteiger partial charge in [-0.2, -0.15) is 0 Å². The van der Waals surface area contributed by atoms with Gasteiger partial charge in [-0.05, 0) is 42.7 Å². The van der Waals surface area contributed by atoms with E-state index in [1.54, 1.807) is 24.5 Å². The van der Waals surface area contributed by atoms with Gasteiger partial charge in [0, 0.05) is 24.1 Å². The zero-order valence-corrected chi connectivity index (χ0v) is 12.3. The maximum absolute atomic E-state index is 14.0. The minimum atomic E-state index is -0.148. The van der Waals surface area contributed by atoms with Gasteiger partial charge in [-0.15, -0.1) is 11.3 Å². The highest BCUT2D eigenvalue weighted by Gasteiger charge is 2.08. The third-order valence-corrected chi connectivity index (χ3v) is 3.72. The molecule has 0 saturated heterocycles. The Morgan fingerprint density at radius 3 is 2.63 bits per heavy atom. The Kier molecular flexibility index (Phi) is 4.69. The predicted octanol–water partition coefficient (Wildman–Crippen LogP) is 3.76. The Hall–Kier alpha value is -1.23. The van der Waals surface area contributed by atoms with Crippen molar-refractivity contribution < 1.29 is 9.13 Å². The average molecular weight is 279 g/mol. The summed E-state index contributed by atoms with van der Waals surface area (Å²) in [6, 6.07) is 7.49. The summed E-state index contributed by atoms with van der Waals surface area (Å²) >= 11 is 1.63. The Bertz CT molecular complexity index is 551. The van der Waals surface area contributed by atoms with Crippen molar-refractivity contribution in [2.24, 2.45) is 0 Å². The van der Waals surface area contributed by atoms with Gasteiger partial charge in [0.25, 0.3) is 0 Å². The molecule has 19 heavy (non-hydrogen) atoms. The molecule has 1 aromatic heterocycles. The number of thiophene rings is 1. The molecule has 0 saturated carbocycles. The summed E-state index contributed by atoms with van der Waals surface area (Å²) in [7, 11) is 5.54. The zero-order valence-electron chi connectivity index (χ0n) is 11.4. The van der Waals surface area contributed by atoms with Crippen molar-refractivity contribution in [3.05, 3.63) is 45.9 Å². The van der Waals surface area contributed by atoms with E-state index in [0.717, 1.165) is 21.6 Å². The van der Waals surface area contributed by atoms with Crippen LogP contribution in [0.25, 0.3) is 11.1 Å². The van der Waals surface area contributed by atoms with E-state index in [4.69, 9.17) is 4.74 Å². The number of rotatable bonds is 5. The highest BCUT2D eigenvalue weighted by molar-refractivity contribution is 7.10. The van der Waals surface area contributed by atoms with E-state index in [1.165, 1.54) is 0 Å². The zero-order chi connectivity index (χ0) is 13.8. The molecule has 0 aliphatic heterocycles. The third-order valence-electron chi connectivity index (χ3n) is 2.81. The quantitative estimate of drug-likeness (QED) is 0.826. The van der Waals surface area contributed by atoms with Gasteiger partial charge in [0.1, 0.15) is 5.82 Å². The summed E-state index contributed by atoms with van der Waals surface area (Å²) in [5.74, 6) is -0.148. The minimum absolute atomic E-state index is 0.148. The van der Waals surface area contributed by atoms with Crippen LogP contribution in [-0.4, -0.2) is 26.1 Å². The molecule has 0 bridgehead atoms. The van der Waals surface area contributed by atoms with Crippen LogP contribution in [0.5, 0.6) is 0 Å². The number of nitrogens with zero attached hydrogens (tertiary/aromatic N) is 1. The molecule has 0 radical (unpaired) electrons. The van der Waals surface area contributed by atoms with Gasteiger partial charge >= 0.3 is 0 Å². The smallest absolute Gasteiger partial charge is 0.128 e. The van der Waals surface area contributed by atoms with Crippen LogP contribution in [0.4, 0.5) is 4.39 Å². The molecular formula is C15H18FNOS. The second-order valence-corrected chi connectivity index (χ2v) is 5.77. The van der Waals surface area contributed by atoms with Crippen molar-refractivity contribution in [1.82, 2.24) is 4.90 Å². The molecule has 0 N–H and O–H groups in total. The Morgan fingerprint density at radius 1 is 1.21 bits per heavy atom. The van der Waals surface area contributed by atoms with Gasteiger partial charge in [-0.25, -0.2) is 4.39 Å². The molecule has 1 heterocycles. The lowest BCUT2D eigenvalue weighted by Crippen LogP contribution is -2.11. The maximum Gasteiger partial charge on any atom is 0.128 e. The van der Waals surface area contributed by atoms with Crippen LogP contribution in [0.3, 0.4) is 0 Å². The third kappa shape index (κ3) is 3.62. The van der Waals surface area contributed by atoms with Crippen LogP contribution in [-0.2, 0) is 17.9 Å². The second-order valence-electron chi connectivity index (χ2n) is 4.78. The topological polar surface area (TPSA) is 12.5 Å². The van der Waals surface area contributed by atoms with Crippen LogP contribution in [0, 0.1) is 5.82 Å². The van der Waals surface area contributed by atoms with E-state index in [2.05, 4.69) is 6.07 Å². The normalized spacial score (nSPS) is 11.2. The molecule has 1 aromatic carbocycles. The Morgan fingerprint density at radius 2 is 2.00 bits per heavy atom. The predicted molar refractivity (Wildman–Crippen MR) is 77.8 cm³/mol. The number of halogens is 1. The van der Waals surface area contributed by atoms with Crippen LogP contribution < -0.4 is 0 Å². The van der Waals surface area contributed by atoms with E-state index in [0.29, 0.717) is 13.2 Å². The Balaban J connectivity index is 2.22. The number of benzene rings is 1. The molecule has 0 aliphatic carbocycles. The average Bonchev–Trinajstić information content (AvgIpc) is 2.80. The molecule has 0 atom stereocenters. The van der Waals surface area contributed by atoms with Gasteiger partial charge in [0.15, 0.2) is 0 Å². The first-order chi connectivity index (χ1) is 9.10. The lowest BCUT2D eigenvalue weighted by Gasteiger charge is -2.11.